The fourth-order valence-corrected chi connectivity index (χ4v) is 3.57. The Morgan fingerprint density at radius 2 is 2.20 bits per heavy atom. The van der Waals surface area contributed by atoms with Gasteiger partial charge in [0.15, 0.2) is 5.65 Å². The predicted molar refractivity (Wildman–Crippen MR) is 93.1 cm³/mol. The van der Waals surface area contributed by atoms with Crippen LogP contribution in [0.4, 0.5) is 0 Å². The first-order valence-corrected chi connectivity index (χ1v) is 8.77. The number of carbonyl (C=O) groups excluding carboxylic acids is 1. The topological polar surface area (TPSA) is 68.3 Å². The van der Waals surface area contributed by atoms with Crippen molar-refractivity contribution in [3.63, 3.8) is 0 Å². The molecule has 3 aromatic rings. The number of imidazole rings is 1. The van der Waals surface area contributed by atoms with Gasteiger partial charge in [0.1, 0.15) is 11.6 Å². The molecule has 3 aromatic heterocycles. The summed E-state index contributed by atoms with van der Waals surface area (Å²) in [6, 6.07) is 5.90. The molecule has 0 bridgehead atoms. The number of carbonyl (C=O) groups is 1. The normalized spacial score (nSPS) is 18.0. The fourth-order valence-electron chi connectivity index (χ4n) is 3.57. The van der Waals surface area contributed by atoms with Crippen LogP contribution in [-0.4, -0.2) is 48.0 Å². The highest BCUT2D eigenvalue weighted by Crippen LogP contribution is 2.26. The van der Waals surface area contributed by atoms with Gasteiger partial charge in [-0.3, -0.25) is 9.20 Å². The molecular weight excluding hydrogens is 316 g/mol. The Balaban J connectivity index is 1.44. The number of fused-ring (bicyclic) bond motifs is 1. The SMILES string of the molecule is Cc1nccn1CCC(=O)N1CCCC(c2nnc3ccccn23)C1. The minimum atomic E-state index is 0.201. The monoisotopic (exact) mass is 338 g/mol. The average Bonchev–Trinajstić information content (AvgIpc) is 3.26. The zero-order chi connectivity index (χ0) is 17.2. The third-order valence-electron chi connectivity index (χ3n) is 4.97. The molecule has 0 radical (unpaired) electrons. The number of aryl methyl sites for hydroxylation is 2. The van der Waals surface area contributed by atoms with Crippen LogP contribution in [-0.2, 0) is 11.3 Å². The van der Waals surface area contributed by atoms with Crippen molar-refractivity contribution >= 4 is 11.6 Å². The molecule has 4 rings (SSSR count). The average molecular weight is 338 g/mol. The number of amides is 1. The summed E-state index contributed by atoms with van der Waals surface area (Å²) in [5.41, 5.74) is 0.858. The third-order valence-corrected chi connectivity index (χ3v) is 4.97. The van der Waals surface area contributed by atoms with Gasteiger partial charge in [0.2, 0.25) is 5.91 Å². The molecule has 1 aliphatic heterocycles. The molecule has 25 heavy (non-hydrogen) atoms. The van der Waals surface area contributed by atoms with E-state index in [2.05, 4.69) is 15.2 Å². The van der Waals surface area contributed by atoms with Crippen LogP contribution in [0, 0.1) is 6.92 Å². The van der Waals surface area contributed by atoms with Crippen LogP contribution in [0.3, 0.4) is 0 Å². The number of aromatic nitrogens is 5. The molecular formula is C18H22N6O. The molecule has 0 aromatic carbocycles. The largest absolute Gasteiger partial charge is 0.342 e. The number of pyridine rings is 1. The second-order valence-corrected chi connectivity index (χ2v) is 6.58. The molecule has 0 spiro atoms. The Morgan fingerprint density at radius 1 is 1.28 bits per heavy atom. The second kappa shape index (κ2) is 6.66. The minimum absolute atomic E-state index is 0.201. The maximum Gasteiger partial charge on any atom is 0.224 e. The number of rotatable bonds is 4. The zero-order valence-corrected chi connectivity index (χ0v) is 14.4. The molecule has 130 valence electrons. The lowest BCUT2D eigenvalue weighted by molar-refractivity contribution is -0.132. The minimum Gasteiger partial charge on any atom is -0.342 e. The van der Waals surface area contributed by atoms with Crippen molar-refractivity contribution in [3.8, 4) is 0 Å². The summed E-state index contributed by atoms with van der Waals surface area (Å²) in [7, 11) is 0. The molecule has 1 amide bonds. The van der Waals surface area contributed by atoms with Crippen molar-refractivity contribution in [2.24, 2.45) is 0 Å². The highest BCUT2D eigenvalue weighted by atomic mass is 16.2. The van der Waals surface area contributed by atoms with E-state index in [-0.39, 0.29) is 11.8 Å². The summed E-state index contributed by atoms with van der Waals surface area (Å²) in [5.74, 6) is 2.34. The molecule has 1 atom stereocenters. The third kappa shape index (κ3) is 3.14. The van der Waals surface area contributed by atoms with Crippen LogP contribution < -0.4 is 0 Å². The Hall–Kier alpha value is -2.70. The van der Waals surface area contributed by atoms with Gasteiger partial charge in [0.25, 0.3) is 0 Å². The van der Waals surface area contributed by atoms with Gasteiger partial charge in [-0.2, -0.15) is 0 Å². The number of hydrogen-bond donors (Lipinski definition) is 0. The van der Waals surface area contributed by atoms with E-state index in [4.69, 9.17) is 0 Å². The van der Waals surface area contributed by atoms with Crippen LogP contribution in [0.5, 0.6) is 0 Å². The highest BCUT2D eigenvalue weighted by Gasteiger charge is 2.27. The van der Waals surface area contributed by atoms with Gasteiger partial charge in [0, 0.05) is 50.6 Å². The van der Waals surface area contributed by atoms with E-state index in [1.54, 1.807) is 6.20 Å². The van der Waals surface area contributed by atoms with E-state index >= 15 is 0 Å². The van der Waals surface area contributed by atoms with Crippen LogP contribution in [0.2, 0.25) is 0 Å². The summed E-state index contributed by atoms with van der Waals surface area (Å²) in [4.78, 5) is 18.8. The molecule has 1 unspecified atom stereocenters. The summed E-state index contributed by atoms with van der Waals surface area (Å²) >= 11 is 0. The Morgan fingerprint density at radius 3 is 3.04 bits per heavy atom. The lowest BCUT2D eigenvalue weighted by atomic mass is 9.97. The van der Waals surface area contributed by atoms with Gasteiger partial charge < -0.3 is 9.47 Å². The Labute approximate surface area is 146 Å². The first-order chi connectivity index (χ1) is 12.2. The van der Waals surface area contributed by atoms with Crippen molar-refractivity contribution in [1.29, 1.82) is 0 Å². The van der Waals surface area contributed by atoms with E-state index < -0.39 is 0 Å². The molecule has 1 aliphatic rings. The van der Waals surface area contributed by atoms with Crippen molar-refractivity contribution in [1.82, 2.24) is 29.0 Å². The van der Waals surface area contributed by atoms with Gasteiger partial charge >= 0.3 is 0 Å². The van der Waals surface area contributed by atoms with E-state index in [1.165, 1.54) is 0 Å². The molecule has 0 saturated carbocycles. The number of nitrogens with zero attached hydrogens (tertiary/aromatic N) is 6. The zero-order valence-electron chi connectivity index (χ0n) is 14.4. The van der Waals surface area contributed by atoms with Crippen molar-refractivity contribution in [2.75, 3.05) is 13.1 Å². The molecule has 7 nitrogen and oxygen atoms in total. The maximum absolute atomic E-state index is 12.6. The molecule has 0 N–H and O–H groups in total. The van der Waals surface area contributed by atoms with E-state index in [9.17, 15) is 4.79 Å². The van der Waals surface area contributed by atoms with Crippen LogP contribution in [0.1, 0.15) is 36.8 Å². The molecule has 1 saturated heterocycles. The fraction of sp³-hybridized carbons (Fsp3) is 0.444. The Bertz CT molecular complexity index is 882. The molecule has 7 heteroatoms. The smallest absolute Gasteiger partial charge is 0.224 e. The van der Waals surface area contributed by atoms with Gasteiger partial charge in [-0.1, -0.05) is 6.07 Å². The summed E-state index contributed by atoms with van der Waals surface area (Å²) < 4.78 is 4.05. The number of piperidine rings is 1. The lowest BCUT2D eigenvalue weighted by Gasteiger charge is -2.32. The summed E-state index contributed by atoms with van der Waals surface area (Å²) in [5, 5.41) is 8.62. The van der Waals surface area contributed by atoms with Gasteiger partial charge in [-0.15, -0.1) is 10.2 Å². The standard InChI is InChI=1S/C18H22N6O/c1-14-19-8-12-22(14)11-7-17(25)23-9-4-5-15(13-23)18-21-20-16-6-2-3-10-24(16)18/h2-3,6,8,10,12,15H,4-5,7,9,11,13H2,1H3. The first-order valence-electron chi connectivity index (χ1n) is 8.77. The maximum atomic E-state index is 12.6. The van der Waals surface area contributed by atoms with Crippen LogP contribution in [0.25, 0.3) is 5.65 Å². The summed E-state index contributed by atoms with van der Waals surface area (Å²) in [6.07, 6.45) is 8.23. The highest BCUT2D eigenvalue weighted by molar-refractivity contribution is 5.76. The van der Waals surface area contributed by atoms with E-state index in [0.29, 0.717) is 13.0 Å². The van der Waals surface area contributed by atoms with Gasteiger partial charge in [-0.25, -0.2) is 4.98 Å². The van der Waals surface area contributed by atoms with Crippen LogP contribution >= 0.6 is 0 Å². The first kappa shape index (κ1) is 15.8. The van der Waals surface area contributed by atoms with Gasteiger partial charge in [0.05, 0.1) is 0 Å². The van der Waals surface area contributed by atoms with Crippen molar-refractivity contribution < 1.29 is 4.79 Å². The second-order valence-electron chi connectivity index (χ2n) is 6.58. The summed E-state index contributed by atoms with van der Waals surface area (Å²) in [6.45, 7) is 4.18. The van der Waals surface area contributed by atoms with Crippen LogP contribution in [0.15, 0.2) is 36.8 Å². The van der Waals surface area contributed by atoms with Crippen molar-refractivity contribution in [2.45, 2.75) is 38.6 Å². The van der Waals surface area contributed by atoms with E-state index in [0.717, 1.165) is 43.2 Å². The lowest BCUT2D eigenvalue weighted by Crippen LogP contribution is -2.39. The van der Waals surface area contributed by atoms with Crippen molar-refractivity contribution in [3.05, 3.63) is 48.4 Å². The van der Waals surface area contributed by atoms with Gasteiger partial charge in [-0.05, 0) is 31.9 Å². The molecule has 4 heterocycles. The number of hydrogen-bond acceptors (Lipinski definition) is 4. The van der Waals surface area contributed by atoms with E-state index in [1.807, 2.05) is 51.4 Å². The number of likely N-dealkylation sites (tertiary alicyclic amines) is 1. The predicted octanol–water partition coefficient (Wildman–Crippen LogP) is 2.03. The Kier molecular flexibility index (Phi) is 4.21. The molecule has 1 fully saturated rings. The molecule has 0 aliphatic carbocycles. The quantitative estimate of drug-likeness (QED) is 0.730.